The number of para-hydroxylation sites is 1. The van der Waals surface area contributed by atoms with Crippen LogP contribution in [0.15, 0.2) is 24.3 Å². The first kappa shape index (κ1) is 16.9. The maximum Gasteiger partial charge on any atom is 0.341 e. The fraction of sp³-hybridized carbons (Fsp3) is 0.333. The molecule has 1 aliphatic heterocycles. The molecule has 0 saturated carbocycles. The molecule has 3 rings (SSSR count). The van der Waals surface area contributed by atoms with Crippen LogP contribution in [0.5, 0.6) is 0 Å². The molecule has 1 aliphatic rings. The van der Waals surface area contributed by atoms with Crippen molar-refractivity contribution in [2.45, 2.75) is 26.9 Å². The van der Waals surface area contributed by atoms with Crippen LogP contribution >= 0.6 is 0 Å². The predicted molar refractivity (Wildman–Crippen MR) is 91.2 cm³/mol. The molecular weight excluding hydrogens is 322 g/mol. The van der Waals surface area contributed by atoms with Gasteiger partial charge in [-0.25, -0.2) is 9.59 Å². The molecule has 0 unspecified atom stereocenters. The number of benzene rings is 1. The first-order chi connectivity index (χ1) is 11.9. The quantitative estimate of drug-likeness (QED) is 0.862. The number of aryl methyl sites for hydroxylation is 2. The summed E-state index contributed by atoms with van der Waals surface area (Å²) in [6.45, 7) is 5.70. The Labute approximate surface area is 145 Å². The van der Waals surface area contributed by atoms with Gasteiger partial charge >= 0.3 is 12.0 Å². The van der Waals surface area contributed by atoms with Crippen molar-refractivity contribution in [3.05, 3.63) is 41.1 Å². The Bertz CT molecular complexity index is 878. The summed E-state index contributed by atoms with van der Waals surface area (Å²) in [6.07, 6.45) is -1.05. The van der Waals surface area contributed by atoms with Gasteiger partial charge in [0.2, 0.25) is 0 Å². The van der Waals surface area contributed by atoms with Crippen molar-refractivity contribution in [3.63, 3.8) is 0 Å². The number of hydrogen-bond acceptors (Lipinski definition) is 5. The fourth-order valence-electron chi connectivity index (χ4n) is 3.00. The molecule has 1 N–H and O–H groups in total. The Morgan fingerprint density at radius 3 is 2.68 bits per heavy atom. The van der Waals surface area contributed by atoms with E-state index in [-0.39, 0.29) is 6.54 Å². The van der Waals surface area contributed by atoms with E-state index in [0.29, 0.717) is 17.8 Å². The summed E-state index contributed by atoms with van der Waals surface area (Å²) < 4.78 is 5.32. The number of pyridine rings is 1. The SMILES string of the molecule is Cc1nc2ccccc2c(C)c1C(=O)O[C@H](C)C(=O)N1CCNC1=O. The van der Waals surface area contributed by atoms with E-state index in [2.05, 4.69) is 10.3 Å². The molecule has 1 aromatic carbocycles. The summed E-state index contributed by atoms with van der Waals surface area (Å²) in [5.41, 5.74) is 2.45. The van der Waals surface area contributed by atoms with Gasteiger partial charge in [-0.1, -0.05) is 18.2 Å². The monoisotopic (exact) mass is 341 g/mol. The van der Waals surface area contributed by atoms with Crippen molar-refractivity contribution >= 4 is 28.8 Å². The number of carbonyl (C=O) groups is 3. The summed E-state index contributed by atoms with van der Waals surface area (Å²) >= 11 is 0. The predicted octanol–water partition coefficient (Wildman–Crippen LogP) is 1.95. The van der Waals surface area contributed by atoms with Crippen LogP contribution < -0.4 is 5.32 Å². The molecule has 25 heavy (non-hydrogen) atoms. The molecule has 2 aromatic rings. The second-order valence-electron chi connectivity index (χ2n) is 5.98. The number of carbonyl (C=O) groups excluding carboxylic acids is 3. The first-order valence-corrected chi connectivity index (χ1v) is 8.06. The van der Waals surface area contributed by atoms with Crippen molar-refractivity contribution in [1.82, 2.24) is 15.2 Å². The average molecular weight is 341 g/mol. The van der Waals surface area contributed by atoms with E-state index in [4.69, 9.17) is 4.74 Å². The smallest absolute Gasteiger partial charge is 0.341 e. The number of fused-ring (bicyclic) bond motifs is 1. The number of urea groups is 1. The van der Waals surface area contributed by atoms with Crippen molar-refractivity contribution in [2.75, 3.05) is 13.1 Å². The minimum absolute atomic E-state index is 0.273. The lowest BCUT2D eigenvalue weighted by molar-refractivity contribution is -0.136. The molecule has 0 aliphatic carbocycles. The molecule has 1 aromatic heterocycles. The van der Waals surface area contributed by atoms with E-state index in [1.54, 1.807) is 6.92 Å². The van der Waals surface area contributed by atoms with E-state index in [1.165, 1.54) is 6.92 Å². The van der Waals surface area contributed by atoms with Gasteiger partial charge in [0.05, 0.1) is 16.8 Å². The number of nitrogens with one attached hydrogen (secondary N) is 1. The molecule has 7 heteroatoms. The molecule has 1 saturated heterocycles. The topological polar surface area (TPSA) is 88.6 Å². The van der Waals surface area contributed by atoms with Crippen LogP contribution in [0.3, 0.4) is 0 Å². The van der Waals surface area contributed by atoms with E-state index >= 15 is 0 Å². The molecule has 0 spiro atoms. The second-order valence-corrected chi connectivity index (χ2v) is 5.98. The van der Waals surface area contributed by atoms with Gasteiger partial charge in [0.15, 0.2) is 6.10 Å². The van der Waals surface area contributed by atoms with E-state index in [1.807, 2.05) is 31.2 Å². The molecule has 0 bridgehead atoms. The maximum absolute atomic E-state index is 12.6. The Hall–Kier alpha value is -2.96. The highest BCUT2D eigenvalue weighted by molar-refractivity contribution is 6.01. The van der Waals surface area contributed by atoms with Gasteiger partial charge in [-0.2, -0.15) is 0 Å². The molecule has 1 atom stereocenters. The zero-order valence-electron chi connectivity index (χ0n) is 14.3. The molecule has 3 amide bonds. The van der Waals surface area contributed by atoms with Crippen LogP contribution in [0, 0.1) is 13.8 Å². The molecule has 2 heterocycles. The molecule has 0 radical (unpaired) electrons. The maximum atomic E-state index is 12.6. The van der Waals surface area contributed by atoms with Gasteiger partial charge in [0.1, 0.15) is 0 Å². The molecule has 1 fully saturated rings. The van der Waals surface area contributed by atoms with Crippen molar-refractivity contribution in [1.29, 1.82) is 0 Å². The van der Waals surface area contributed by atoms with Gasteiger partial charge < -0.3 is 10.1 Å². The zero-order valence-corrected chi connectivity index (χ0v) is 14.3. The summed E-state index contributed by atoms with van der Waals surface area (Å²) in [5, 5.41) is 3.40. The number of esters is 1. The summed E-state index contributed by atoms with van der Waals surface area (Å²) in [7, 11) is 0. The number of ether oxygens (including phenoxy) is 1. The summed E-state index contributed by atoms with van der Waals surface area (Å²) in [6, 6.07) is 7.06. The van der Waals surface area contributed by atoms with E-state index in [0.717, 1.165) is 21.4 Å². The Morgan fingerprint density at radius 1 is 1.28 bits per heavy atom. The number of rotatable bonds is 3. The normalized spacial score (nSPS) is 15.2. The van der Waals surface area contributed by atoms with Gasteiger partial charge in [0, 0.05) is 18.5 Å². The largest absolute Gasteiger partial charge is 0.449 e. The van der Waals surface area contributed by atoms with Gasteiger partial charge in [0.25, 0.3) is 5.91 Å². The minimum atomic E-state index is -1.05. The third-order valence-corrected chi connectivity index (χ3v) is 4.29. The Balaban J connectivity index is 1.85. The van der Waals surface area contributed by atoms with E-state index < -0.39 is 24.0 Å². The van der Waals surface area contributed by atoms with Crippen LogP contribution in [0.1, 0.15) is 28.5 Å². The Kier molecular flexibility index (Phi) is 4.39. The van der Waals surface area contributed by atoms with Crippen LogP contribution in [0.25, 0.3) is 10.9 Å². The number of hydrogen-bond donors (Lipinski definition) is 1. The van der Waals surface area contributed by atoms with Crippen LogP contribution in [-0.2, 0) is 9.53 Å². The molecular formula is C18H19N3O4. The van der Waals surface area contributed by atoms with Crippen LogP contribution in [0.4, 0.5) is 4.79 Å². The Morgan fingerprint density at radius 2 is 2.00 bits per heavy atom. The third-order valence-electron chi connectivity index (χ3n) is 4.29. The van der Waals surface area contributed by atoms with Gasteiger partial charge in [-0.15, -0.1) is 0 Å². The van der Waals surface area contributed by atoms with Crippen molar-refractivity contribution in [2.24, 2.45) is 0 Å². The highest BCUT2D eigenvalue weighted by atomic mass is 16.5. The van der Waals surface area contributed by atoms with Gasteiger partial charge in [-0.3, -0.25) is 14.7 Å². The standard InChI is InChI=1S/C18H19N3O4/c1-10-13-6-4-5-7-14(13)20-11(2)15(10)17(23)25-12(3)16(22)21-9-8-19-18(21)24/h4-7,12H,8-9H2,1-3H3,(H,19,24)/t12-/m1/s1. The van der Waals surface area contributed by atoms with Crippen LogP contribution in [-0.4, -0.2) is 47.0 Å². The minimum Gasteiger partial charge on any atom is -0.449 e. The number of amides is 3. The number of aromatic nitrogens is 1. The van der Waals surface area contributed by atoms with Crippen molar-refractivity contribution in [3.8, 4) is 0 Å². The number of nitrogens with zero attached hydrogens (tertiary/aromatic N) is 2. The van der Waals surface area contributed by atoms with Gasteiger partial charge in [-0.05, 0) is 32.4 Å². The van der Waals surface area contributed by atoms with Crippen molar-refractivity contribution < 1.29 is 19.1 Å². The average Bonchev–Trinajstić information content (AvgIpc) is 3.00. The summed E-state index contributed by atoms with van der Waals surface area (Å²) in [4.78, 5) is 41.9. The zero-order chi connectivity index (χ0) is 18.1. The first-order valence-electron chi connectivity index (χ1n) is 8.06. The second kappa shape index (κ2) is 6.51. The molecule has 7 nitrogen and oxygen atoms in total. The fourth-order valence-corrected chi connectivity index (χ4v) is 3.00. The third kappa shape index (κ3) is 3.05. The lowest BCUT2D eigenvalue weighted by Crippen LogP contribution is -2.41. The van der Waals surface area contributed by atoms with E-state index in [9.17, 15) is 14.4 Å². The molecule has 130 valence electrons. The highest BCUT2D eigenvalue weighted by Gasteiger charge is 2.32. The number of imide groups is 1. The highest BCUT2D eigenvalue weighted by Crippen LogP contribution is 2.23. The lowest BCUT2D eigenvalue weighted by Gasteiger charge is -2.19. The summed E-state index contributed by atoms with van der Waals surface area (Å²) in [5.74, 6) is -1.15. The lowest BCUT2D eigenvalue weighted by atomic mass is 10.0. The van der Waals surface area contributed by atoms with Crippen LogP contribution in [0.2, 0.25) is 0 Å².